The van der Waals surface area contributed by atoms with E-state index in [9.17, 15) is 0 Å². The summed E-state index contributed by atoms with van der Waals surface area (Å²) >= 11 is 0. The average molecular weight is 1000 g/mol. The molecule has 0 radical (unpaired) electrons. The summed E-state index contributed by atoms with van der Waals surface area (Å²) in [4.78, 5) is 4.80. The first kappa shape index (κ1) is 41.1. The van der Waals surface area contributed by atoms with Crippen molar-refractivity contribution in [2.45, 2.75) is 31.6 Å². The van der Waals surface area contributed by atoms with Crippen molar-refractivity contribution in [1.82, 2.24) is 0 Å². The second-order valence-electron chi connectivity index (χ2n) is 22.4. The Morgan fingerprint density at radius 3 is 1.26 bits per heavy atom. The predicted molar refractivity (Wildman–Crippen MR) is 309 cm³/mol. The molecular formula is C71H43N2O3P. The van der Waals surface area contributed by atoms with Gasteiger partial charge in [-0.1, -0.05) is 152 Å². The van der Waals surface area contributed by atoms with Gasteiger partial charge in [-0.05, 0) is 181 Å². The van der Waals surface area contributed by atoms with E-state index in [0.717, 1.165) is 83.8 Å². The van der Waals surface area contributed by atoms with Gasteiger partial charge in [0.2, 0.25) is 0 Å². The third-order valence-corrected chi connectivity index (χ3v) is 21.9. The van der Waals surface area contributed by atoms with Crippen LogP contribution in [-0.2, 0) is 15.4 Å². The van der Waals surface area contributed by atoms with E-state index in [1.54, 1.807) is 0 Å². The Hall–Kier alpha value is -9.15. The van der Waals surface area contributed by atoms with Crippen LogP contribution < -0.4 is 35.2 Å². The molecule has 6 heteroatoms. The van der Waals surface area contributed by atoms with Crippen molar-refractivity contribution in [3.8, 4) is 67.5 Å². The number of hydrogen-bond acceptors (Lipinski definition) is 5. The van der Waals surface area contributed by atoms with Crippen LogP contribution in [0.25, 0.3) is 44.5 Å². The van der Waals surface area contributed by atoms with Crippen molar-refractivity contribution < 1.29 is 14.0 Å². The van der Waals surface area contributed by atoms with Gasteiger partial charge in [-0.15, -0.1) is 0 Å². The zero-order valence-electron chi connectivity index (χ0n) is 42.2. The SMILES string of the molecule is Cc1cc2c3c(c1)N(c1ccc4c(c1)C1(c5ccccc5-c5ccccc51)c1ccccc1-4)c1cc(C)c4c5c1P3(=O)c1c(cc(C)cc1N5c1cc3c(cc1O4)-c1ccccc1C31c3ccccc3-c3ccccc31)O2. The Balaban J connectivity index is 0.904. The first-order valence-corrected chi connectivity index (χ1v) is 28.5. The summed E-state index contributed by atoms with van der Waals surface area (Å²) in [6, 6.07) is 76.4. The number of benzene rings is 11. The minimum absolute atomic E-state index is 0.549. The smallest absolute Gasteiger partial charge is 0.186 e. The molecule has 8 aliphatic rings. The second-order valence-corrected chi connectivity index (χ2v) is 24.9. The van der Waals surface area contributed by atoms with Gasteiger partial charge in [0.05, 0.1) is 49.5 Å². The highest BCUT2D eigenvalue weighted by atomic mass is 31.2. The molecule has 11 aromatic rings. The van der Waals surface area contributed by atoms with Crippen molar-refractivity contribution in [2.75, 3.05) is 9.80 Å². The summed E-state index contributed by atoms with van der Waals surface area (Å²) in [5.74, 6) is 2.78. The minimum atomic E-state index is -3.70. The molecule has 2 spiro atoms. The van der Waals surface area contributed by atoms with Crippen molar-refractivity contribution in [3.63, 3.8) is 0 Å². The molecule has 4 heterocycles. The minimum Gasteiger partial charge on any atom is -0.456 e. The zero-order valence-corrected chi connectivity index (χ0v) is 43.1. The third kappa shape index (κ3) is 4.43. The van der Waals surface area contributed by atoms with Crippen LogP contribution in [0.5, 0.6) is 23.0 Å². The lowest BCUT2D eigenvalue weighted by atomic mass is 9.70. The molecule has 360 valence electrons. The topological polar surface area (TPSA) is 42.0 Å². The Morgan fingerprint density at radius 2 is 0.766 bits per heavy atom. The van der Waals surface area contributed by atoms with Gasteiger partial charge in [-0.25, -0.2) is 0 Å². The van der Waals surface area contributed by atoms with Crippen LogP contribution in [0.3, 0.4) is 0 Å². The first-order chi connectivity index (χ1) is 37.8. The Labute approximate surface area is 445 Å². The highest BCUT2D eigenvalue weighted by molar-refractivity contribution is 7.87. The lowest BCUT2D eigenvalue weighted by molar-refractivity contribution is 0.472. The number of ether oxygens (including phenoxy) is 2. The molecule has 0 N–H and O–H groups in total. The highest BCUT2D eigenvalue weighted by Crippen LogP contribution is 2.72. The number of aryl methyl sites for hydroxylation is 3. The van der Waals surface area contributed by atoms with E-state index in [4.69, 9.17) is 9.47 Å². The van der Waals surface area contributed by atoms with Gasteiger partial charge in [-0.3, -0.25) is 0 Å². The number of nitrogens with zero attached hydrogens (tertiary/aromatic N) is 2. The molecule has 77 heavy (non-hydrogen) atoms. The quantitative estimate of drug-likeness (QED) is 0.153. The van der Waals surface area contributed by atoms with Crippen LogP contribution in [-0.4, -0.2) is 0 Å². The summed E-state index contributed by atoms with van der Waals surface area (Å²) in [5, 5.41) is 2.27. The zero-order chi connectivity index (χ0) is 50.6. The maximum Gasteiger partial charge on any atom is 0.186 e. The highest BCUT2D eigenvalue weighted by Gasteiger charge is 2.59. The lowest BCUT2D eigenvalue weighted by Gasteiger charge is -2.49. The fourth-order valence-electron chi connectivity index (χ4n) is 16.1. The van der Waals surface area contributed by atoms with Crippen LogP contribution >= 0.6 is 7.14 Å². The van der Waals surface area contributed by atoms with Crippen LogP contribution in [0.4, 0.5) is 34.1 Å². The van der Waals surface area contributed by atoms with E-state index in [-0.39, 0.29) is 0 Å². The first-order valence-electron chi connectivity index (χ1n) is 26.8. The normalized spacial score (nSPS) is 17.5. The van der Waals surface area contributed by atoms with E-state index >= 15 is 4.57 Å². The molecule has 5 nitrogen and oxygen atoms in total. The Morgan fingerprint density at radius 1 is 0.351 bits per heavy atom. The molecular weight excluding hydrogens is 960 g/mol. The molecule has 0 fully saturated rings. The largest absolute Gasteiger partial charge is 0.456 e. The number of anilines is 6. The summed E-state index contributed by atoms with van der Waals surface area (Å²) in [6.45, 7) is 6.40. The van der Waals surface area contributed by atoms with Crippen molar-refractivity contribution >= 4 is 57.2 Å². The molecule has 0 amide bonds. The number of fused-ring (bicyclic) bond motifs is 23. The van der Waals surface area contributed by atoms with Gasteiger partial charge in [0, 0.05) is 5.69 Å². The van der Waals surface area contributed by atoms with Gasteiger partial charge in [0.15, 0.2) is 18.6 Å². The van der Waals surface area contributed by atoms with Crippen LogP contribution in [0.2, 0.25) is 0 Å². The molecule has 4 aliphatic carbocycles. The standard InChI is InChI=1S/C71H43N2O3P/c1-38-30-59-67-63(32-38)75-64-33-39(2)31-60-68(64)77(67,74)69-61(72(59)41-28-29-48-46-20-8-14-26-54(46)70(56(48)35-41)50-22-10-4-16-42(50)43-17-5-11-23-51(43)70)34-40(3)66-65(69)73(60)58-37-57-49(36-62(58)76-66)47-21-9-15-27-55(47)71(57)52-24-12-6-18-44(52)45-19-7-13-25-53(45)71/h4-37H,1-3H3. The van der Waals surface area contributed by atoms with Crippen LogP contribution in [0, 0.1) is 20.8 Å². The summed E-state index contributed by atoms with van der Waals surface area (Å²) < 4.78 is 32.4. The van der Waals surface area contributed by atoms with Crippen LogP contribution in [0.1, 0.15) is 61.2 Å². The fraction of sp³-hybridized carbons (Fsp3) is 0.0704. The number of rotatable bonds is 1. The van der Waals surface area contributed by atoms with Gasteiger partial charge in [-0.2, -0.15) is 0 Å². The molecule has 1 unspecified atom stereocenters. The molecule has 1 atom stereocenters. The maximum absolute atomic E-state index is 17.7. The molecule has 19 rings (SSSR count). The maximum atomic E-state index is 17.7. The van der Waals surface area contributed by atoms with Gasteiger partial charge >= 0.3 is 0 Å². The van der Waals surface area contributed by atoms with E-state index < -0.39 is 18.0 Å². The van der Waals surface area contributed by atoms with Crippen molar-refractivity contribution in [2.24, 2.45) is 0 Å². The molecule has 0 saturated heterocycles. The van der Waals surface area contributed by atoms with E-state index in [1.807, 2.05) is 0 Å². The summed E-state index contributed by atoms with van der Waals surface area (Å²) in [6.07, 6.45) is 0. The Bertz CT molecular complexity index is 4630. The second kappa shape index (κ2) is 13.4. The van der Waals surface area contributed by atoms with Gasteiger partial charge in [0.25, 0.3) is 0 Å². The molecule has 0 saturated carbocycles. The van der Waals surface area contributed by atoms with Gasteiger partial charge in [0.1, 0.15) is 17.2 Å². The van der Waals surface area contributed by atoms with Crippen molar-refractivity contribution in [1.29, 1.82) is 0 Å². The monoisotopic (exact) mass is 1000 g/mol. The van der Waals surface area contributed by atoms with Gasteiger partial charge < -0.3 is 23.8 Å². The molecule has 0 bridgehead atoms. The van der Waals surface area contributed by atoms with E-state index in [0.29, 0.717) is 11.5 Å². The van der Waals surface area contributed by atoms with Crippen LogP contribution in [0.15, 0.2) is 206 Å². The molecule has 4 aliphatic heterocycles. The molecule has 11 aromatic carbocycles. The Kier molecular flexibility index (Phi) is 7.18. The van der Waals surface area contributed by atoms with Crippen molar-refractivity contribution in [3.05, 3.63) is 267 Å². The van der Waals surface area contributed by atoms with E-state index in [1.165, 1.54) is 83.5 Å². The molecule has 0 aromatic heterocycles. The fourth-order valence-corrected chi connectivity index (χ4v) is 19.6. The third-order valence-electron chi connectivity index (χ3n) is 18.7. The predicted octanol–water partition coefficient (Wildman–Crippen LogP) is 16.7. The summed E-state index contributed by atoms with van der Waals surface area (Å²) in [7, 11) is -3.70. The average Bonchev–Trinajstić information content (AvgIpc) is 4.26. The number of hydrogen-bond donors (Lipinski definition) is 0. The summed E-state index contributed by atoms with van der Waals surface area (Å²) in [5.41, 5.74) is 27.3. The van der Waals surface area contributed by atoms with E-state index in [2.05, 4.69) is 237 Å². The lowest BCUT2D eigenvalue weighted by Crippen LogP contribution is -2.46.